The number of carbonyl (C=O) groups is 2. The quantitative estimate of drug-likeness (QED) is 0.853. The highest BCUT2D eigenvalue weighted by Gasteiger charge is 2.30. The van der Waals surface area contributed by atoms with Crippen LogP contribution < -0.4 is 10.2 Å². The van der Waals surface area contributed by atoms with E-state index in [1.165, 1.54) is 11.3 Å². The molecular formula is C13H18N2O4S. The Morgan fingerprint density at radius 2 is 2.35 bits per heavy atom. The van der Waals surface area contributed by atoms with Gasteiger partial charge in [-0.1, -0.05) is 6.92 Å². The fourth-order valence-corrected chi connectivity index (χ4v) is 2.97. The van der Waals surface area contributed by atoms with E-state index >= 15 is 0 Å². The lowest BCUT2D eigenvalue weighted by Crippen LogP contribution is -2.53. The number of anilines is 1. The second kappa shape index (κ2) is 6.71. The van der Waals surface area contributed by atoms with Gasteiger partial charge in [-0.2, -0.15) is 0 Å². The predicted octanol–water partition coefficient (Wildman–Crippen LogP) is 1.18. The van der Waals surface area contributed by atoms with Gasteiger partial charge in [-0.15, -0.1) is 11.3 Å². The Labute approximate surface area is 121 Å². The molecule has 1 atom stereocenters. The zero-order valence-electron chi connectivity index (χ0n) is 11.3. The van der Waals surface area contributed by atoms with Gasteiger partial charge in [-0.05, 0) is 18.6 Å². The number of carbonyl (C=O) groups excluding carboxylic acids is 1. The largest absolute Gasteiger partial charge is 0.477 e. The number of hydrogen-bond donors (Lipinski definition) is 2. The lowest BCUT2D eigenvalue weighted by Gasteiger charge is -2.35. The molecule has 1 aromatic rings. The molecule has 1 aliphatic rings. The highest BCUT2D eigenvalue weighted by atomic mass is 32.1. The zero-order valence-corrected chi connectivity index (χ0v) is 12.1. The van der Waals surface area contributed by atoms with Gasteiger partial charge in [0.25, 0.3) is 0 Å². The molecule has 0 saturated carbocycles. The van der Waals surface area contributed by atoms with Gasteiger partial charge in [0, 0.05) is 13.1 Å². The SMILES string of the molecule is CCCNC(=O)C1COCCN1c1ccc(C(=O)O)s1. The van der Waals surface area contributed by atoms with E-state index in [1.807, 2.05) is 11.8 Å². The normalized spacial score (nSPS) is 18.9. The minimum Gasteiger partial charge on any atom is -0.477 e. The highest BCUT2D eigenvalue weighted by Crippen LogP contribution is 2.29. The van der Waals surface area contributed by atoms with Crippen LogP contribution in [0.3, 0.4) is 0 Å². The number of nitrogens with one attached hydrogen (secondary N) is 1. The summed E-state index contributed by atoms with van der Waals surface area (Å²) in [6.07, 6.45) is 0.876. The molecule has 1 amide bonds. The second-order valence-corrected chi connectivity index (χ2v) is 5.58. The molecule has 6 nitrogen and oxygen atoms in total. The Morgan fingerprint density at radius 1 is 1.55 bits per heavy atom. The molecule has 7 heteroatoms. The number of carboxylic acids is 1. The molecule has 1 aromatic heterocycles. The molecule has 1 saturated heterocycles. The molecule has 1 fully saturated rings. The lowest BCUT2D eigenvalue weighted by molar-refractivity contribution is -0.124. The monoisotopic (exact) mass is 298 g/mol. The van der Waals surface area contributed by atoms with E-state index in [0.717, 1.165) is 11.4 Å². The van der Waals surface area contributed by atoms with Crippen molar-refractivity contribution in [1.29, 1.82) is 0 Å². The highest BCUT2D eigenvalue weighted by molar-refractivity contribution is 7.17. The third-order valence-electron chi connectivity index (χ3n) is 3.07. The van der Waals surface area contributed by atoms with E-state index < -0.39 is 12.0 Å². The molecule has 20 heavy (non-hydrogen) atoms. The third kappa shape index (κ3) is 3.29. The standard InChI is InChI=1S/C13H18N2O4S/c1-2-5-14-12(16)9-8-19-7-6-15(9)11-4-3-10(20-11)13(17)18/h3-4,9H,2,5-8H2,1H3,(H,14,16)(H,17,18). The molecule has 0 bridgehead atoms. The minimum absolute atomic E-state index is 0.0724. The van der Waals surface area contributed by atoms with Gasteiger partial charge in [-0.3, -0.25) is 4.79 Å². The van der Waals surface area contributed by atoms with E-state index in [2.05, 4.69) is 5.32 Å². The Bertz CT molecular complexity index is 488. The van der Waals surface area contributed by atoms with Crippen LogP contribution in [0.2, 0.25) is 0 Å². The van der Waals surface area contributed by atoms with Gasteiger partial charge < -0.3 is 20.1 Å². The summed E-state index contributed by atoms with van der Waals surface area (Å²) in [4.78, 5) is 25.3. The summed E-state index contributed by atoms with van der Waals surface area (Å²) in [6, 6.07) is 2.92. The number of nitrogens with zero attached hydrogens (tertiary/aromatic N) is 1. The van der Waals surface area contributed by atoms with Crippen LogP contribution in [0.5, 0.6) is 0 Å². The van der Waals surface area contributed by atoms with E-state index in [4.69, 9.17) is 9.84 Å². The number of morpholine rings is 1. The number of ether oxygens (including phenoxy) is 1. The van der Waals surface area contributed by atoms with Crippen LogP contribution in [0, 0.1) is 0 Å². The lowest BCUT2D eigenvalue weighted by atomic mass is 10.2. The molecule has 110 valence electrons. The molecule has 1 aliphatic heterocycles. The van der Waals surface area contributed by atoms with Crippen molar-refractivity contribution in [2.24, 2.45) is 0 Å². The number of thiophene rings is 1. The van der Waals surface area contributed by atoms with Gasteiger partial charge >= 0.3 is 5.97 Å². The number of rotatable bonds is 5. The van der Waals surface area contributed by atoms with Crippen LogP contribution in [-0.2, 0) is 9.53 Å². The van der Waals surface area contributed by atoms with Crippen LogP contribution in [0.4, 0.5) is 5.00 Å². The summed E-state index contributed by atoms with van der Waals surface area (Å²) in [5.41, 5.74) is 0. The Hall–Kier alpha value is -1.60. The van der Waals surface area contributed by atoms with Crippen LogP contribution >= 0.6 is 11.3 Å². The Kier molecular flexibility index (Phi) is 4.97. The third-order valence-corrected chi connectivity index (χ3v) is 4.18. The van der Waals surface area contributed by atoms with Crippen molar-refractivity contribution in [3.8, 4) is 0 Å². The van der Waals surface area contributed by atoms with Crippen LogP contribution in [-0.4, -0.2) is 49.3 Å². The minimum atomic E-state index is -0.943. The van der Waals surface area contributed by atoms with Crippen LogP contribution in [0.15, 0.2) is 12.1 Å². The summed E-state index contributed by atoms with van der Waals surface area (Å²) in [5.74, 6) is -1.02. The van der Waals surface area contributed by atoms with E-state index in [9.17, 15) is 9.59 Å². The molecule has 2 rings (SSSR count). The summed E-state index contributed by atoms with van der Waals surface area (Å²) in [6.45, 7) is 4.08. The van der Waals surface area contributed by atoms with Gasteiger partial charge in [0.2, 0.25) is 5.91 Å². The molecule has 0 aromatic carbocycles. The number of aromatic carboxylic acids is 1. The van der Waals surface area contributed by atoms with Crippen LogP contribution in [0.25, 0.3) is 0 Å². The molecule has 0 radical (unpaired) electrons. The van der Waals surface area contributed by atoms with E-state index in [0.29, 0.717) is 26.3 Å². The molecule has 2 N–H and O–H groups in total. The molecular weight excluding hydrogens is 280 g/mol. The maximum atomic E-state index is 12.1. The first-order chi connectivity index (χ1) is 9.63. The average Bonchev–Trinajstić information content (AvgIpc) is 2.94. The number of carboxylic acid groups (broad SMARTS) is 1. The second-order valence-electron chi connectivity index (χ2n) is 4.52. The maximum absolute atomic E-state index is 12.1. The first kappa shape index (κ1) is 14.8. The Balaban J connectivity index is 2.13. The van der Waals surface area contributed by atoms with Gasteiger partial charge in [0.15, 0.2) is 0 Å². The molecule has 0 aliphatic carbocycles. The van der Waals surface area contributed by atoms with E-state index in [-0.39, 0.29) is 10.8 Å². The summed E-state index contributed by atoms with van der Waals surface area (Å²) in [5, 5.41) is 12.6. The molecule has 1 unspecified atom stereocenters. The van der Waals surface area contributed by atoms with Gasteiger partial charge in [0.05, 0.1) is 18.2 Å². The smallest absolute Gasteiger partial charge is 0.345 e. The van der Waals surface area contributed by atoms with Crippen LogP contribution in [0.1, 0.15) is 23.0 Å². The fraction of sp³-hybridized carbons (Fsp3) is 0.538. The van der Waals surface area contributed by atoms with Gasteiger partial charge in [-0.25, -0.2) is 4.79 Å². The fourth-order valence-electron chi connectivity index (χ4n) is 2.05. The van der Waals surface area contributed by atoms with Crippen molar-refractivity contribution in [3.05, 3.63) is 17.0 Å². The van der Waals surface area contributed by atoms with Crippen molar-refractivity contribution >= 4 is 28.2 Å². The number of amides is 1. The van der Waals surface area contributed by atoms with Crippen molar-refractivity contribution in [2.45, 2.75) is 19.4 Å². The van der Waals surface area contributed by atoms with Crippen molar-refractivity contribution < 1.29 is 19.4 Å². The molecule has 0 spiro atoms. The van der Waals surface area contributed by atoms with Crippen molar-refractivity contribution in [2.75, 3.05) is 31.2 Å². The predicted molar refractivity (Wildman–Crippen MR) is 76.5 cm³/mol. The molecule has 2 heterocycles. The summed E-state index contributed by atoms with van der Waals surface area (Å²) < 4.78 is 5.38. The first-order valence-electron chi connectivity index (χ1n) is 6.58. The van der Waals surface area contributed by atoms with E-state index in [1.54, 1.807) is 12.1 Å². The first-order valence-corrected chi connectivity index (χ1v) is 7.40. The Morgan fingerprint density at radius 3 is 3.00 bits per heavy atom. The van der Waals surface area contributed by atoms with Crippen molar-refractivity contribution in [1.82, 2.24) is 5.32 Å². The summed E-state index contributed by atoms with van der Waals surface area (Å²) >= 11 is 1.18. The van der Waals surface area contributed by atoms with Gasteiger partial charge in [0.1, 0.15) is 10.9 Å². The maximum Gasteiger partial charge on any atom is 0.345 e. The number of hydrogen-bond acceptors (Lipinski definition) is 5. The topological polar surface area (TPSA) is 78.9 Å². The average molecular weight is 298 g/mol. The summed E-state index contributed by atoms with van der Waals surface area (Å²) in [7, 11) is 0. The zero-order chi connectivity index (χ0) is 14.5. The van der Waals surface area contributed by atoms with Crippen molar-refractivity contribution in [3.63, 3.8) is 0 Å².